The van der Waals surface area contributed by atoms with Crippen LogP contribution in [0.15, 0.2) is 59.5 Å². The molecule has 0 atom stereocenters. The Morgan fingerprint density at radius 3 is 2.22 bits per heavy atom. The van der Waals surface area contributed by atoms with Gasteiger partial charge in [-0.2, -0.15) is 4.98 Å². The molecule has 0 radical (unpaired) electrons. The molecule has 2 heterocycles. The summed E-state index contributed by atoms with van der Waals surface area (Å²) in [7, 11) is -3.63. The van der Waals surface area contributed by atoms with Crippen LogP contribution in [0.25, 0.3) is 0 Å². The number of aromatic nitrogens is 2. The van der Waals surface area contributed by atoms with Crippen molar-refractivity contribution in [3.05, 3.63) is 65.9 Å². The van der Waals surface area contributed by atoms with E-state index in [1.807, 2.05) is 44.2 Å². The van der Waals surface area contributed by atoms with Crippen LogP contribution in [0.1, 0.15) is 37.4 Å². The molecule has 1 saturated heterocycles. The standard InChI is InChI=1S/C24H29N5O2S/c1-3-19-7-13-22(14-8-19)32(30,31)28-21-11-9-20(10-12-21)26-24-25-18(2)17-23(27-24)29-15-5-4-6-16-29/h7-14,17,28H,3-6,15-16H2,1-2H3,(H,25,26,27). The second-order valence-electron chi connectivity index (χ2n) is 8.04. The molecule has 0 unspecified atom stereocenters. The Balaban J connectivity index is 1.45. The highest BCUT2D eigenvalue weighted by Gasteiger charge is 2.15. The van der Waals surface area contributed by atoms with Gasteiger partial charge < -0.3 is 10.2 Å². The molecular formula is C24H29N5O2S. The maximum absolute atomic E-state index is 12.7. The number of anilines is 4. The average molecular weight is 452 g/mol. The Morgan fingerprint density at radius 1 is 0.906 bits per heavy atom. The molecule has 2 aromatic carbocycles. The Bertz CT molecular complexity index is 1160. The highest BCUT2D eigenvalue weighted by molar-refractivity contribution is 7.92. The number of hydrogen-bond donors (Lipinski definition) is 2. The largest absolute Gasteiger partial charge is 0.356 e. The van der Waals surface area contributed by atoms with E-state index in [1.165, 1.54) is 19.3 Å². The summed E-state index contributed by atoms with van der Waals surface area (Å²) in [5.41, 5.74) is 3.28. The molecule has 1 fully saturated rings. The van der Waals surface area contributed by atoms with Crippen molar-refractivity contribution in [3.63, 3.8) is 0 Å². The lowest BCUT2D eigenvalue weighted by molar-refractivity contribution is 0.573. The zero-order valence-electron chi connectivity index (χ0n) is 18.5. The summed E-state index contributed by atoms with van der Waals surface area (Å²) in [4.78, 5) is 11.7. The van der Waals surface area contributed by atoms with Gasteiger partial charge in [-0.1, -0.05) is 19.1 Å². The van der Waals surface area contributed by atoms with E-state index in [9.17, 15) is 8.42 Å². The fourth-order valence-corrected chi connectivity index (χ4v) is 4.82. The van der Waals surface area contributed by atoms with Crippen molar-refractivity contribution in [1.82, 2.24) is 9.97 Å². The molecule has 0 amide bonds. The zero-order valence-corrected chi connectivity index (χ0v) is 19.3. The topological polar surface area (TPSA) is 87.2 Å². The second kappa shape index (κ2) is 9.56. The van der Waals surface area contributed by atoms with E-state index in [1.54, 1.807) is 24.3 Å². The lowest BCUT2D eigenvalue weighted by Gasteiger charge is -2.28. The summed E-state index contributed by atoms with van der Waals surface area (Å²) in [5.74, 6) is 1.48. The van der Waals surface area contributed by atoms with E-state index < -0.39 is 10.0 Å². The van der Waals surface area contributed by atoms with Crippen LogP contribution in [-0.4, -0.2) is 31.5 Å². The molecule has 32 heavy (non-hydrogen) atoms. The summed E-state index contributed by atoms with van der Waals surface area (Å²) in [6.07, 6.45) is 4.51. The molecule has 1 aromatic heterocycles. The Hall–Kier alpha value is -3.13. The summed E-state index contributed by atoms with van der Waals surface area (Å²) in [6, 6.07) is 16.0. The number of nitrogens with zero attached hydrogens (tertiary/aromatic N) is 3. The van der Waals surface area contributed by atoms with E-state index in [4.69, 9.17) is 0 Å². The van der Waals surface area contributed by atoms with E-state index in [0.29, 0.717) is 11.6 Å². The van der Waals surface area contributed by atoms with Crippen LogP contribution >= 0.6 is 0 Å². The minimum Gasteiger partial charge on any atom is -0.356 e. The van der Waals surface area contributed by atoms with Gasteiger partial charge in [0, 0.05) is 36.2 Å². The van der Waals surface area contributed by atoms with Gasteiger partial charge in [0.2, 0.25) is 5.95 Å². The van der Waals surface area contributed by atoms with Crippen molar-refractivity contribution in [3.8, 4) is 0 Å². The van der Waals surface area contributed by atoms with Crippen molar-refractivity contribution in [2.45, 2.75) is 44.4 Å². The zero-order chi connectivity index (χ0) is 22.6. The Labute approximate surface area is 190 Å². The molecule has 168 valence electrons. The highest BCUT2D eigenvalue weighted by Crippen LogP contribution is 2.23. The maximum Gasteiger partial charge on any atom is 0.261 e. The molecule has 0 saturated carbocycles. The predicted molar refractivity (Wildman–Crippen MR) is 129 cm³/mol. The number of benzene rings is 2. The third-order valence-corrected chi connectivity index (χ3v) is 6.95. The fraction of sp³-hybridized carbons (Fsp3) is 0.333. The maximum atomic E-state index is 12.7. The summed E-state index contributed by atoms with van der Waals surface area (Å²) in [5, 5.41) is 3.23. The number of hydrogen-bond acceptors (Lipinski definition) is 6. The van der Waals surface area contributed by atoms with Gasteiger partial charge in [-0.3, -0.25) is 4.72 Å². The summed E-state index contributed by atoms with van der Waals surface area (Å²) >= 11 is 0. The molecule has 1 aliphatic heterocycles. The van der Waals surface area contributed by atoms with E-state index in [0.717, 1.165) is 42.3 Å². The monoisotopic (exact) mass is 451 g/mol. The third kappa shape index (κ3) is 5.37. The first kappa shape index (κ1) is 22.1. The Morgan fingerprint density at radius 2 is 1.56 bits per heavy atom. The van der Waals surface area contributed by atoms with E-state index in [2.05, 4.69) is 24.9 Å². The molecule has 7 nitrogen and oxygen atoms in total. The molecule has 4 rings (SSSR count). The van der Waals surface area contributed by atoms with Crippen molar-refractivity contribution < 1.29 is 8.42 Å². The Kier molecular flexibility index (Phi) is 6.60. The fourth-order valence-electron chi connectivity index (χ4n) is 3.76. The molecule has 0 spiro atoms. The van der Waals surface area contributed by atoms with Crippen molar-refractivity contribution >= 4 is 33.2 Å². The SMILES string of the molecule is CCc1ccc(S(=O)(=O)Nc2ccc(Nc3nc(C)cc(N4CCCCC4)n3)cc2)cc1. The first-order chi connectivity index (χ1) is 15.4. The van der Waals surface area contributed by atoms with Crippen molar-refractivity contribution in [2.75, 3.05) is 28.0 Å². The minimum absolute atomic E-state index is 0.246. The third-order valence-electron chi connectivity index (χ3n) is 5.56. The van der Waals surface area contributed by atoms with Gasteiger partial charge in [0.25, 0.3) is 10.0 Å². The lowest BCUT2D eigenvalue weighted by Crippen LogP contribution is -2.30. The summed E-state index contributed by atoms with van der Waals surface area (Å²) in [6.45, 7) is 6.04. The normalized spacial score (nSPS) is 14.2. The molecule has 2 N–H and O–H groups in total. The van der Waals surface area contributed by atoms with Crippen LogP contribution in [0.4, 0.5) is 23.1 Å². The van der Waals surface area contributed by atoms with Crippen LogP contribution < -0.4 is 14.9 Å². The van der Waals surface area contributed by atoms with Crippen LogP contribution in [0.3, 0.4) is 0 Å². The van der Waals surface area contributed by atoms with Gasteiger partial charge in [0.05, 0.1) is 4.90 Å². The molecule has 1 aliphatic rings. The predicted octanol–water partition coefficient (Wildman–Crippen LogP) is 4.88. The van der Waals surface area contributed by atoms with Crippen molar-refractivity contribution in [1.29, 1.82) is 0 Å². The van der Waals surface area contributed by atoms with Gasteiger partial charge in [-0.05, 0) is 74.6 Å². The summed E-state index contributed by atoms with van der Waals surface area (Å²) < 4.78 is 27.9. The van der Waals surface area contributed by atoms with Gasteiger partial charge in [0.1, 0.15) is 5.82 Å². The number of aryl methyl sites for hydroxylation is 2. The van der Waals surface area contributed by atoms with Gasteiger partial charge in [-0.25, -0.2) is 13.4 Å². The number of rotatable bonds is 7. The number of nitrogens with one attached hydrogen (secondary N) is 2. The van der Waals surface area contributed by atoms with Crippen LogP contribution in [0.5, 0.6) is 0 Å². The quantitative estimate of drug-likeness (QED) is 0.532. The van der Waals surface area contributed by atoms with Crippen LogP contribution in [0.2, 0.25) is 0 Å². The van der Waals surface area contributed by atoms with Gasteiger partial charge >= 0.3 is 0 Å². The van der Waals surface area contributed by atoms with Crippen LogP contribution in [0, 0.1) is 6.92 Å². The lowest BCUT2D eigenvalue weighted by atomic mass is 10.1. The van der Waals surface area contributed by atoms with E-state index >= 15 is 0 Å². The molecule has 3 aromatic rings. The van der Waals surface area contributed by atoms with Gasteiger partial charge in [0.15, 0.2) is 0 Å². The number of sulfonamides is 1. The molecule has 0 aliphatic carbocycles. The second-order valence-corrected chi connectivity index (χ2v) is 9.73. The smallest absolute Gasteiger partial charge is 0.261 e. The molecule has 0 bridgehead atoms. The van der Waals surface area contributed by atoms with Crippen molar-refractivity contribution in [2.24, 2.45) is 0 Å². The highest BCUT2D eigenvalue weighted by atomic mass is 32.2. The average Bonchev–Trinajstić information content (AvgIpc) is 2.80. The van der Waals surface area contributed by atoms with Crippen LogP contribution in [-0.2, 0) is 16.4 Å². The van der Waals surface area contributed by atoms with E-state index in [-0.39, 0.29) is 4.90 Å². The molecular weight excluding hydrogens is 422 g/mol. The first-order valence-electron chi connectivity index (χ1n) is 11.0. The molecule has 8 heteroatoms. The minimum atomic E-state index is -3.63. The first-order valence-corrected chi connectivity index (χ1v) is 12.5. The number of piperidine rings is 1. The van der Waals surface area contributed by atoms with Gasteiger partial charge in [-0.15, -0.1) is 0 Å².